The molecule has 0 saturated carbocycles. The molecule has 1 saturated heterocycles. The Bertz CT molecular complexity index is 830. The van der Waals surface area contributed by atoms with E-state index in [0.29, 0.717) is 18.8 Å². The molecule has 1 amide bonds. The fourth-order valence-corrected chi connectivity index (χ4v) is 3.00. The second-order valence-corrected chi connectivity index (χ2v) is 8.48. The molecule has 2 rings (SSSR count). The van der Waals surface area contributed by atoms with Crippen molar-refractivity contribution in [3.05, 3.63) is 46.7 Å². The molecule has 0 aromatic heterocycles. The van der Waals surface area contributed by atoms with E-state index in [0.717, 1.165) is 6.07 Å². The Hall–Kier alpha value is -2.46. The summed E-state index contributed by atoms with van der Waals surface area (Å²) in [5.74, 6) is -1.48. The van der Waals surface area contributed by atoms with Gasteiger partial charge in [0.15, 0.2) is 6.29 Å². The number of amides is 1. The molecule has 0 aliphatic carbocycles. The van der Waals surface area contributed by atoms with E-state index in [2.05, 4.69) is 10.3 Å². The monoisotopic (exact) mass is 466 g/mol. The third-order valence-electron chi connectivity index (χ3n) is 4.26. The lowest BCUT2D eigenvalue weighted by Crippen LogP contribution is -2.41. The number of nitrogens with one attached hydrogen (secondary N) is 1. The molecule has 1 aliphatic heterocycles. The number of nitrogens with zero attached hydrogens (tertiary/aromatic N) is 1. The molecule has 0 bridgehead atoms. The Morgan fingerprint density at radius 2 is 1.76 bits per heavy atom. The van der Waals surface area contributed by atoms with E-state index < -0.39 is 35.7 Å². The predicted octanol–water partition coefficient (Wildman–Crippen LogP) is 4.06. The van der Waals surface area contributed by atoms with Crippen molar-refractivity contribution in [2.45, 2.75) is 65.7 Å². The first kappa shape index (κ1) is 28.6. The van der Waals surface area contributed by atoms with Crippen molar-refractivity contribution in [2.24, 2.45) is 10.7 Å². The van der Waals surface area contributed by atoms with Crippen LogP contribution >= 0.6 is 0 Å². The molecule has 1 aromatic rings. The fraction of sp³-hybridized carbons (Fsp3) is 0.565. The van der Waals surface area contributed by atoms with Crippen molar-refractivity contribution in [1.82, 2.24) is 5.32 Å². The van der Waals surface area contributed by atoms with E-state index in [9.17, 15) is 13.6 Å². The number of ether oxygens (including phenoxy) is 3. The zero-order valence-electron chi connectivity index (χ0n) is 20.5. The summed E-state index contributed by atoms with van der Waals surface area (Å²) in [5, 5.41) is 2.67. The average Bonchev–Trinajstić information content (AvgIpc) is 3.18. The lowest BCUT2D eigenvalue weighted by Gasteiger charge is -2.24. The van der Waals surface area contributed by atoms with Gasteiger partial charge in [-0.1, -0.05) is 13.6 Å². The van der Waals surface area contributed by atoms with E-state index >= 15 is 0 Å². The van der Waals surface area contributed by atoms with E-state index in [1.54, 1.807) is 27.7 Å². The summed E-state index contributed by atoms with van der Waals surface area (Å²) >= 11 is 0. The molecular formula is C23H35BF2N3O4. The predicted molar refractivity (Wildman–Crippen MR) is 127 cm³/mol. The molecule has 10 heteroatoms. The molecule has 1 aromatic carbocycles. The Balaban J connectivity index is 0.00000172. The number of hydrogen-bond acceptors (Lipinski definition) is 6. The Morgan fingerprint density at radius 1 is 1.24 bits per heavy atom. The van der Waals surface area contributed by atoms with Gasteiger partial charge in [-0.15, -0.1) is 0 Å². The summed E-state index contributed by atoms with van der Waals surface area (Å²) in [5.41, 5.74) is 6.91. The molecule has 7 nitrogen and oxygen atoms in total. The van der Waals surface area contributed by atoms with Crippen LogP contribution in [0.4, 0.5) is 13.6 Å². The molecule has 1 radical (unpaired) electrons. The van der Waals surface area contributed by atoms with Crippen LogP contribution in [-0.2, 0) is 14.2 Å². The maximum atomic E-state index is 13.8. The minimum atomic E-state index is -0.739. The van der Waals surface area contributed by atoms with Gasteiger partial charge in [0.2, 0.25) is 0 Å². The fourth-order valence-electron chi connectivity index (χ4n) is 3.00. The molecule has 0 unspecified atom stereocenters. The second kappa shape index (κ2) is 13.3. The highest BCUT2D eigenvalue weighted by molar-refractivity contribution is 6.31. The number of halogens is 2. The number of benzene rings is 1. The number of alkyl carbamates (subject to hydrolysis) is 1. The lowest BCUT2D eigenvalue weighted by atomic mass is 9.88. The van der Waals surface area contributed by atoms with E-state index in [1.807, 2.05) is 20.9 Å². The second-order valence-electron chi connectivity index (χ2n) is 8.48. The average molecular weight is 466 g/mol. The maximum Gasteiger partial charge on any atom is 0.408 e. The lowest BCUT2D eigenvalue weighted by molar-refractivity contribution is -0.0392. The first-order valence-electron chi connectivity index (χ1n) is 10.8. The molecule has 1 atom stereocenters. The summed E-state index contributed by atoms with van der Waals surface area (Å²) in [4.78, 5) is 16.4. The van der Waals surface area contributed by atoms with Gasteiger partial charge in [0.25, 0.3) is 0 Å². The number of hydrogen-bond donors (Lipinski definition) is 2. The third-order valence-corrected chi connectivity index (χ3v) is 4.26. The summed E-state index contributed by atoms with van der Waals surface area (Å²) < 4.78 is 43.9. The van der Waals surface area contributed by atoms with Crippen molar-refractivity contribution >= 4 is 19.1 Å². The van der Waals surface area contributed by atoms with Crippen LogP contribution in [0, 0.1) is 11.6 Å². The summed E-state index contributed by atoms with van der Waals surface area (Å²) in [6, 6.07) is 2.47. The summed E-state index contributed by atoms with van der Waals surface area (Å²) in [6.45, 7) is 11.8. The standard InChI is InChI=1S/C21H29F2N3O4.C2H6B/c1-12(26-20(27)30-21(2,3)4)18(24)16(11-17-28-6-7-29-17)19(25-5)13-8-14(22)10-15(23)9-13;1-3-2/h8-10,12,17H,6-7,11,24H2,1-5H3,(H,26,27);1-2H3/b18-16-,25-19?;/t12-;/m0./s1. The first-order valence-corrected chi connectivity index (χ1v) is 10.8. The van der Waals surface area contributed by atoms with Crippen LogP contribution in [0.2, 0.25) is 13.6 Å². The van der Waals surface area contributed by atoms with Gasteiger partial charge in [0.1, 0.15) is 24.5 Å². The van der Waals surface area contributed by atoms with Gasteiger partial charge in [-0.05, 0) is 39.8 Å². The zero-order valence-corrected chi connectivity index (χ0v) is 20.5. The molecule has 33 heavy (non-hydrogen) atoms. The SMILES string of the molecule is CN=C(/C(CC1OCCO1)=C(\N)[C@H](C)NC(=O)OC(C)(C)C)c1cc(F)cc(F)c1.C[B]C. The number of carbonyl (C=O) groups is 1. The first-order chi connectivity index (χ1) is 15.4. The van der Waals surface area contributed by atoms with Crippen molar-refractivity contribution in [1.29, 1.82) is 0 Å². The molecule has 0 spiro atoms. The maximum absolute atomic E-state index is 13.8. The molecule has 1 heterocycles. The van der Waals surface area contributed by atoms with Gasteiger partial charge < -0.3 is 25.3 Å². The van der Waals surface area contributed by atoms with Gasteiger partial charge in [-0.3, -0.25) is 4.99 Å². The molecule has 3 N–H and O–H groups in total. The molecule has 1 aliphatic rings. The van der Waals surface area contributed by atoms with Gasteiger partial charge in [-0.25, -0.2) is 13.6 Å². The quantitative estimate of drug-likeness (QED) is 0.487. The normalized spacial score (nSPS) is 16.3. The summed E-state index contributed by atoms with van der Waals surface area (Å²) in [6.07, 6.45) is -1.03. The largest absolute Gasteiger partial charge is 0.444 e. The van der Waals surface area contributed by atoms with Crippen LogP contribution in [0.15, 0.2) is 34.5 Å². The third kappa shape index (κ3) is 9.92. The summed E-state index contributed by atoms with van der Waals surface area (Å²) in [7, 11) is 3.49. The van der Waals surface area contributed by atoms with Crippen LogP contribution in [0.25, 0.3) is 0 Å². The van der Waals surface area contributed by atoms with Gasteiger partial charge in [0.05, 0.1) is 25.0 Å². The van der Waals surface area contributed by atoms with E-state index in [4.69, 9.17) is 19.9 Å². The van der Waals surface area contributed by atoms with E-state index in [-0.39, 0.29) is 23.4 Å². The van der Waals surface area contributed by atoms with E-state index in [1.165, 1.54) is 19.2 Å². The number of carbonyl (C=O) groups excluding carboxylic acids is 1. The topological polar surface area (TPSA) is 95.2 Å². The van der Waals surface area contributed by atoms with Crippen LogP contribution in [0.1, 0.15) is 39.7 Å². The van der Waals surface area contributed by atoms with Gasteiger partial charge in [0, 0.05) is 36.4 Å². The smallest absolute Gasteiger partial charge is 0.408 e. The Morgan fingerprint density at radius 3 is 2.21 bits per heavy atom. The highest BCUT2D eigenvalue weighted by Crippen LogP contribution is 2.23. The highest BCUT2D eigenvalue weighted by Gasteiger charge is 2.26. The number of aliphatic imine (C=N–C) groups is 1. The molecule has 1 fully saturated rings. The van der Waals surface area contributed by atoms with Crippen molar-refractivity contribution in [3.8, 4) is 0 Å². The molecular weight excluding hydrogens is 431 g/mol. The van der Waals surface area contributed by atoms with Crippen molar-refractivity contribution in [2.75, 3.05) is 20.3 Å². The van der Waals surface area contributed by atoms with Crippen LogP contribution in [0.5, 0.6) is 0 Å². The highest BCUT2D eigenvalue weighted by atomic mass is 19.1. The van der Waals surface area contributed by atoms with Gasteiger partial charge in [-0.2, -0.15) is 0 Å². The van der Waals surface area contributed by atoms with Crippen LogP contribution in [-0.4, -0.2) is 57.3 Å². The number of rotatable bonds is 6. The zero-order chi connectivity index (χ0) is 25.2. The minimum absolute atomic E-state index is 0.191. The van der Waals surface area contributed by atoms with Crippen molar-refractivity contribution in [3.63, 3.8) is 0 Å². The molecule has 183 valence electrons. The van der Waals surface area contributed by atoms with Crippen LogP contribution < -0.4 is 11.1 Å². The van der Waals surface area contributed by atoms with Crippen LogP contribution in [0.3, 0.4) is 0 Å². The number of nitrogens with two attached hydrogens (primary N) is 1. The van der Waals surface area contributed by atoms with Crippen molar-refractivity contribution < 1.29 is 27.8 Å². The minimum Gasteiger partial charge on any atom is -0.444 e. The Labute approximate surface area is 196 Å². The Kier molecular flexibility index (Phi) is 11.5. The van der Waals surface area contributed by atoms with Gasteiger partial charge >= 0.3 is 6.09 Å².